The predicted octanol–water partition coefficient (Wildman–Crippen LogP) is 3.45. The number of benzene rings is 1. The van der Waals surface area contributed by atoms with Crippen LogP contribution in [0, 0.1) is 3.57 Å². The van der Waals surface area contributed by atoms with Crippen molar-refractivity contribution < 1.29 is 9.90 Å². The Balaban J connectivity index is 2.03. The van der Waals surface area contributed by atoms with Gasteiger partial charge in [0.25, 0.3) is 0 Å². The van der Waals surface area contributed by atoms with Gasteiger partial charge in [-0.1, -0.05) is 23.8 Å². The molecule has 0 bridgehead atoms. The van der Waals surface area contributed by atoms with Gasteiger partial charge in [-0.05, 0) is 53.1 Å². The second kappa shape index (κ2) is 5.53. The minimum atomic E-state index is -0.807. The molecule has 1 aromatic rings. The minimum Gasteiger partial charge on any atom is -0.465 e. The normalized spacial score (nSPS) is 15.8. The molecular formula is C13H14INO2. The van der Waals surface area contributed by atoms with E-state index in [1.165, 1.54) is 19.6 Å². The van der Waals surface area contributed by atoms with Gasteiger partial charge in [0.05, 0.1) is 0 Å². The average Bonchev–Trinajstić information content (AvgIpc) is 2.29. The smallest absolute Gasteiger partial charge is 0.407 e. The van der Waals surface area contributed by atoms with E-state index < -0.39 is 6.09 Å². The number of carbonyl (C=O) groups is 1. The van der Waals surface area contributed by atoms with Crippen LogP contribution in [0.3, 0.4) is 0 Å². The molecule has 90 valence electrons. The van der Waals surface area contributed by atoms with E-state index in [1.807, 2.05) is 6.07 Å². The number of hydrogen-bond acceptors (Lipinski definition) is 1. The SMILES string of the molecule is O=C(O)N1CCC(=Cc2cccc(I)c2)CC1. The van der Waals surface area contributed by atoms with E-state index in [2.05, 4.69) is 46.9 Å². The molecule has 0 aromatic heterocycles. The Kier molecular flexibility index (Phi) is 4.04. The number of nitrogens with zero attached hydrogens (tertiary/aromatic N) is 1. The Hall–Kier alpha value is -1.04. The summed E-state index contributed by atoms with van der Waals surface area (Å²) in [4.78, 5) is 12.2. The minimum absolute atomic E-state index is 0.616. The van der Waals surface area contributed by atoms with Crippen LogP contribution >= 0.6 is 22.6 Å². The van der Waals surface area contributed by atoms with Crippen LogP contribution in [0.4, 0.5) is 4.79 Å². The molecule has 1 saturated heterocycles. The summed E-state index contributed by atoms with van der Waals surface area (Å²) in [5, 5.41) is 8.86. The van der Waals surface area contributed by atoms with E-state index in [0.717, 1.165) is 12.8 Å². The number of carboxylic acid groups (broad SMARTS) is 1. The van der Waals surface area contributed by atoms with E-state index >= 15 is 0 Å². The molecule has 1 N–H and O–H groups in total. The number of hydrogen-bond donors (Lipinski definition) is 1. The number of likely N-dealkylation sites (tertiary alicyclic amines) is 1. The first-order chi connectivity index (χ1) is 8.15. The summed E-state index contributed by atoms with van der Waals surface area (Å²) in [6.45, 7) is 1.23. The van der Waals surface area contributed by atoms with Gasteiger partial charge in [0.2, 0.25) is 0 Å². The maximum Gasteiger partial charge on any atom is 0.407 e. The van der Waals surface area contributed by atoms with Crippen molar-refractivity contribution in [1.82, 2.24) is 4.90 Å². The summed E-state index contributed by atoms with van der Waals surface area (Å²) in [6, 6.07) is 8.33. The summed E-state index contributed by atoms with van der Waals surface area (Å²) < 4.78 is 1.22. The summed E-state index contributed by atoms with van der Waals surface area (Å²) in [5.41, 5.74) is 2.54. The van der Waals surface area contributed by atoms with Crippen LogP contribution in [0.15, 0.2) is 29.8 Å². The highest BCUT2D eigenvalue weighted by Crippen LogP contribution is 2.20. The number of amides is 1. The molecule has 17 heavy (non-hydrogen) atoms. The highest BCUT2D eigenvalue weighted by atomic mass is 127. The van der Waals surface area contributed by atoms with Gasteiger partial charge in [0.1, 0.15) is 0 Å². The van der Waals surface area contributed by atoms with E-state index in [4.69, 9.17) is 5.11 Å². The van der Waals surface area contributed by atoms with Crippen molar-refractivity contribution >= 4 is 34.8 Å². The van der Waals surface area contributed by atoms with Crippen LogP contribution in [0.25, 0.3) is 6.08 Å². The largest absolute Gasteiger partial charge is 0.465 e. The maximum absolute atomic E-state index is 10.8. The lowest BCUT2D eigenvalue weighted by Crippen LogP contribution is -2.35. The first-order valence-corrected chi connectivity index (χ1v) is 6.66. The second-order valence-corrected chi connectivity index (χ2v) is 5.37. The summed E-state index contributed by atoms with van der Waals surface area (Å²) in [7, 11) is 0. The molecule has 2 rings (SSSR count). The van der Waals surface area contributed by atoms with Gasteiger partial charge >= 0.3 is 6.09 Å². The Morgan fingerprint density at radius 3 is 2.65 bits per heavy atom. The zero-order valence-electron chi connectivity index (χ0n) is 9.40. The van der Waals surface area contributed by atoms with Crippen molar-refractivity contribution in [2.75, 3.05) is 13.1 Å². The molecule has 4 heteroatoms. The molecule has 1 aliphatic rings. The molecule has 0 spiro atoms. The first kappa shape index (κ1) is 12.4. The van der Waals surface area contributed by atoms with Crippen molar-refractivity contribution in [3.05, 3.63) is 39.0 Å². The van der Waals surface area contributed by atoms with Crippen LogP contribution in [-0.2, 0) is 0 Å². The molecule has 0 atom stereocenters. The molecule has 0 aliphatic carbocycles. The van der Waals surface area contributed by atoms with Gasteiger partial charge in [-0.2, -0.15) is 0 Å². The second-order valence-electron chi connectivity index (χ2n) is 4.13. The van der Waals surface area contributed by atoms with Crippen LogP contribution in [-0.4, -0.2) is 29.2 Å². The molecule has 0 unspecified atom stereocenters. The third-order valence-corrected chi connectivity index (χ3v) is 3.57. The molecule has 0 saturated carbocycles. The lowest BCUT2D eigenvalue weighted by molar-refractivity contribution is 0.142. The van der Waals surface area contributed by atoms with Gasteiger partial charge in [0.15, 0.2) is 0 Å². The molecule has 3 nitrogen and oxygen atoms in total. The predicted molar refractivity (Wildman–Crippen MR) is 76.0 cm³/mol. The van der Waals surface area contributed by atoms with E-state index in [9.17, 15) is 4.79 Å². The van der Waals surface area contributed by atoms with Gasteiger partial charge < -0.3 is 10.0 Å². The monoisotopic (exact) mass is 343 g/mol. The van der Waals surface area contributed by atoms with Crippen molar-refractivity contribution in [1.29, 1.82) is 0 Å². The highest BCUT2D eigenvalue weighted by molar-refractivity contribution is 14.1. The fourth-order valence-electron chi connectivity index (χ4n) is 1.96. The van der Waals surface area contributed by atoms with Crippen LogP contribution in [0.5, 0.6) is 0 Å². The number of halogens is 1. The molecular weight excluding hydrogens is 329 g/mol. The molecule has 1 aliphatic heterocycles. The van der Waals surface area contributed by atoms with Gasteiger partial charge in [-0.25, -0.2) is 4.79 Å². The molecule has 1 fully saturated rings. The number of piperidine rings is 1. The molecule has 1 aromatic carbocycles. The van der Waals surface area contributed by atoms with Crippen LogP contribution in [0.1, 0.15) is 18.4 Å². The lowest BCUT2D eigenvalue weighted by Gasteiger charge is -2.25. The Labute approximate surface area is 114 Å². The Morgan fingerprint density at radius 1 is 1.35 bits per heavy atom. The first-order valence-electron chi connectivity index (χ1n) is 5.58. The van der Waals surface area contributed by atoms with Gasteiger partial charge in [-0.3, -0.25) is 0 Å². The quantitative estimate of drug-likeness (QED) is 0.794. The third kappa shape index (κ3) is 3.46. The van der Waals surface area contributed by atoms with Crippen LogP contribution in [0.2, 0.25) is 0 Å². The van der Waals surface area contributed by atoms with Crippen LogP contribution < -0.4 is 0 Å². The van der Waals surface area contributed by atoms with Gasteiger partial charge in [0, 0.05) is 16.7 Å². The van der Waals surface area contributed by atoms with Crippen molar-refractivity contribution in [2.24, 2.45) is 0 Å². The van der Waals surface area contributed by atoms with Crippen molar-refractivity contribution in [3.63, 3.8) is 0 Å². The Morgan fingerprint density at radius 2 is 2.06 bits per heavy atom. The molecule has 1 heterocycles. The standard InChI is InChI=1S/C13H14INO2/c14-12-3-1-2-11(9-12)8-10-4-6-15(7-5-10)13(16)17/h1-3,8-9H,4-7H2,(H,16,17). The third-order valence-electron chi connectivity index (χ3n) is 2.90. The summed E-state index contributed by atoms with van der Waals surface area (Å²) in [5.74, 6) is 0. The maximum atomic E-state index is 10.8. The topological polar surface area (TPSA) is 40.5 Å². The molecule has 1 amide bonds. The average molecular weight is 343 g/mol. The van der Waals surface area contributed by atoms with Crippen molar-refractivity contribution in [2.45, 2.75) is 12.8 Å². The zero-order chi connectivity index (χ0) is 12.3. The van der Waals surface area contributed by atoms with Crippen molar-refractivity contribution in [3.8, 4) is 0 Å². The van der Waals surface area contributed by atoms with E-state index in [-0.39, 0.29) is 0 Å². The summed E-state index contributed by atoms with van der Waals surface area (Å²) in [6.07, 6.45) is 3.06. The fourth-order valence-corrected chi connectivity index (χ4v) is 2.53. The molecule has 0 radical (unpaired) electrons. The van der Waals surface area contributed by atoms with Gasteiger partial charge in [-0.15, -0.1) is 0 Å². The number of rotatable bonds is 1. The fraction of sp³-hybridized carbons (Fsp3) is 0.308. The zero-order valence-corrected chi connectivity index (χ0v) is 11.6. The Bertz CT molecular complexity index is 446. The van der Waals surface area contributed by atoms with E-state index in [1.54, 1.807) is 0 Å². The van der Waals surface area contributed by atoms with E-state index in [0.29, 0.717) is 13.1 Å². The lowest BCUT2D eigenvalue weighted by atomic mass is 10.0. The highest BCUT2D eigenvalue weighted by Gasteiger charge is 2.17. The summed E-state index contributed by atoms with van der Waals surface area (Å²) >= 11 is 2.30.